The van der Waals surface area contributed by atoms with Crippen LogP contribution in [0.1, 0.15) is 55.9 Å². The van der Waals surface area contributed by atoms with Crippen LogP contribution < -0.4 is 10.6 Å². The number of amides is 1. The first-order valence-corrected chi connectivity index (χ1v) is 11.1. The number of carbonyl (C=O) groups excluding carboxylic acids is 1. The van der Waals surface area contributed by atoms with Crippen LogP contribution in [0.2, 0.25) is 0 Å². The molecule has 1 saturated heterocycles. The van der Waals surface area contributed by atoms with Crippen LogP contribution in [-0.2, 0) is 6.54 Å². The topological polar surface area (TPSA) is 87.4 Å². The van der Waals surface area contributed by atoms with E-state index in [4.69, 9.17) is 4.99 Å². The smallest absolute Gasteiger partial charge is 0.272 e. The number of aliphatic imine (C=N–C) groups is 1. The molecule has 2 N–H and O–H groups in total. The Morgan fingerprint density at radius 3 is 2.97 bits per heavy atom. The maximum absolute atomic E-state index is 13.3. The number of piperidine rings is 1. The summed E-state index contributed by atoms with van der Waals surface area (Å²) in [5, 5.41) is 11.5. The third kappa shape index (κ3) is 3.34. The van der Waals surface area contributed by atoms with Crippen LogP contribution in [0, 0.1) is 0 Å². The number of carbonyl (C=O) groups is 1. The lowest BCUT2D eigenvalue weighted by atomic mass is 9.85. The number of aromatic nitrogens is 3. The first kappa shape index (κ1) is 19.1. The zero-order valence-electron chi connectivity index (χ0n) is 17.5. The molecule has 8 nitrogen and oxygen atoms in total. The number of rotatable bonds is 3. The van der Waals surface area contributed by atoms with Gasteiger partial charge in [0.15, 0.2) is 5.82 Å². The minimum absolute atomic E-state index is 0.0347. The Labute approximate surface area is 176 Å². The fraction of sp³-hybridized carbons (Fsp3) is 0.545. The van der Waals surface area contributed by atoms with Gasteiger partial charge in [0.25, 0.3) is 5.91 Å². The van der Waals surface area contributed by atoms with Crippen LogP contribution in [0.4, 0.5) is 11.5 Å². The van der Waals surface area contributed by atoms with Crippen molar-refractivity contribution < 1.29 is 4.79 Å². The van der Waals surface area contributed by atoms with Gasteiger partial charge in [-0.1, -0.05) is 12.8 Å². The third-order valence-corrected chi connectivity index (χ3v) is 6.52. The van der Waals surface area contributed by atoms with Crippen LogP contribution in [0.15, 0.2) is 35.6 Å². The average molecular weight is 408 g/mol. The van der Waals surface area contributed by atoms with Crippen molar-refractivity contribution in [1.29, 1.82) is 0 Å². The van der Waals surface area contributed by atoms with Crippen molar-refractivity contribution >= 4 is 23.2 Å². The van der Waals surface area contributed by atoms with Gasteiger partial charge in [-0.3, -0.25) is 14.5 Å². The number of anilines is 2. The quantitative estimate of drug-likeness (QED) is 0.816. The van der Waals surface area contributed by atoms with Gasteiger partial charge < -0.3 is 15.5 Å². The normalized spacial score (nSPS) is 25.2. The molecule has 0 unspecified atom stereocenters. The molecular weight excluding hydrogens is 378 g/mol. The van der Waals surface area contributed by atoms with Gasteiger partial charge in [0.2, 0.25) is 0 Å². The Morgan fingerprint density at radius 2 is 2.13 bits per heavy atom. The van der Waals surface area contributed by atoms with Crippen LogP contribution >= 0.6 is 0 Å². The maximum Gasteiger partial charge on any atom is 0.272 e. The van der Waals surface area contributed by atoms with Crippen molar-refractivity contribution in [3.63, 3.8) is 0 Å². The van der Waals surface area contributed by atoms with E-state index in [1.165, 1.54) is 12.8 Å². The molecule has 2 aliphatic heterocycles. The van der Waals surface area contributed by atoms with Gasteiger partial charge in [-0.2, -0.15) is 5.10 Å². The van der Waals surface area contributed by atoms with Gasteiger partial charge in [0.05, 0.1) is 18.3 Å². The van der Waals surface area contributed by atoms with E-state index in [1.54, 1.807) is 17.1 Å². The second kappa shape index (κ2) is 7.74. The van der Waals surface area contributed by atoms with Crippen molar-refractivity contribution in [2.24, 2.45) is 4.99 Å². The van der Waals surface area contributed by atoms with Crippen LogP contribution in [0.25, 0.3) is 0 Å². The lowest BCUT2D eigenvalue weighted by Crippen LogP contribution is -2.63. The number of nitrogens with one attached hydrogen (secondary N) is 2. The largest absolute Gasteiger partial charge is 0.368 e. The fourth-order valence-corrected chi connectivity index (χ4v) is 4.98. The van der Waals surface area contributed by atoms with E-state index in [2.05, 4.69) is 20.7 Å². The molecule has 2 aromatic heterocycles. The molecule has 4 heterocycles. The highest BCUT2D eigenvalue weighted by Crippen LogP contribution is 2.36. The monoisotopic (exact) mass is 407 g/mol. The van der Waals surface area contributed by atoms with E-state index < -0.39 is 5.54 Å². The van der Waals surface area contributed by atoms with Gasteiger partial charge in [-0.05, 0) is 50.8 Å². The summed E-state index contributed by atoms with van der Waals surface area (Å²) in [4.78, 5) is 24.9. The number of hydrogen-bond acceptors (Lipinski definition) is 5. The molecule has 1 spiro atoms. The number of nitrogens with zero attached hydrogens (tertiary/aromatic N) is 5. The zero-order chi connectivity index (χ0) is 20.6. The number of hydrogen-bond donors (Lipinski definition) is 2. The molecule has 0 aromatic carbocycles. The second-order valence-electron chi connectivity index (χ2n) is 8.51. The molecule has 1 aliphatic carbocycles. The van der Waals surface area contributed by atoms with E-state index in [9.17, 15) is 4.79 Å². The standard InChI is InChI=1S/C22H29N7O/c1-2-29-18(10-13-24-29)20(30)28-14-6-11-22(15-28)21(25-16-7-3-4-8-16)26-19-17(27-22)9-5-12-23-19/h5,9-10,12-13,16,27H,2-4,6-8,11,14-15H2,1H3,(H,23,25,26)/t22-/m1/s1. The van der Waals surface area contributed by atoms with E-state index in [1.807, 2.05) is 30.0 Å². The lowest BCUT2D eigenvalue weighted by molar-refractivity contribution is 0.0681. The van der Waals surface area contributed by atoms with E-state index in [0.29, 0.717) is 24.8 Å². The minimum Gasteiger partial charge on any atom is -0.368 e. The molecule has 5 rings (SSSR count). The first-order valence-electron chi connectivity index (χ1n) is 11.1. The van der Waals surface area contributed by atoms with Crippen molar-refractivity contribution in [3.05, 3.63) is 36.3 Å². The Bertz CT molecular complexity index is 962. The predicted molar refractivity (Wildman–Crippen MR) is 117 cm³/mol. The summed E-state index contributed by atoms with van der Waals surface area (Å²) in [6.45, 7) is 4.01. The van der Waals surface area contributed by atoms with Crippen LogP contribution in [0.3, 0.4) is 0 Å². The molecule has 8 heteroatoms. The summed E-state index contributed by atoms with van der Waals surface area (Å²) in [6, 6.07) is 6.14. The van der Waals surface area contributed by atoms with Gasteiger partial charge in [-0.25, -0.2) is 4.98 Å². The Balaban J connectivity index is 1.48. The molecule has 1 amide bonds. The third-order valence-electron chi connectivity index (χ3n) is 6.52. The van der Waals surface area contributed by atoms with E-state index in [-0.39, 0.29) is 5.91 Å². The minimum atomic E-state index is -0.413. The highest BCUT2D eigenvalue weighted by Gasteiger charge is 2.45. The Kier molecular flexibility index (Phi) is 4.92. The summed E-state index contributed by atoms with van der Waals surface area (Å²) >= 11 is 0. The molecule has 158 valence electrons. The number of amidine groups is 1. The molecule has 1 atom stereocenters. The average Bonchev–Trinajstić information content (AvgIpc) is 3.46. The van der Waals surface area contributed by atoms with E-state index >= 15 is 0 Å². The lowest BCUT2D eigenvalue weighted by Gasteiger charge is -2.47. The Morgan fingerprint density at radius 1 is 1.27 bits per heavy atom. The molecule has 0 bridgehead atoms. The second-order valence-corrected chi connectivity index (χ2v) is 8.51. The maximum atomic E-state index is 13.3. The number of aryl methyl sites for hydroxylation is 1. The van der Waals surface area contributed by atoms with Crippen LogP contribution in [0.5, 0.6) is 0 Å². The van der Waals surface area contributed by atoms with Crippen molar-refractivity contribution in [1.82, 2.24) is 19.7 Å². The van der Waals surface area contributed by atoms with Gasteiger partial charge in [0.1, 0.15) is 17.1 Å². The molecule has 0 radical (unpaired) electrons. The summed E-state index contributed by atoms with van der Waals surface area (Å²) in [5.74, 6) is 1.78. The van der Waals surface area contributed by atoms with Crippen molar-refractivity contribution in [2.45, 2.75) is 63.6 Å². The predicted octanol–water partition coefficient (Wildman–Crippen LogP) is 3.15. The van der Waals surface area contributed by atoms with Crippen LogP contribution in [-0.4, -0.2) is 56.1 Å². The number of likely N-dealkylation sites (tertiary alicyclic amines) is 1. The SMILES string of the molecule is CCn1nccc1C(=O)N1CCC[C@]2(C1)Nc1cccnc1NC2=NC1CCCC1. The fourth-order valence-electron chi connectivity index (χ4n) is 4.98. The summed E-state index contributed by atoms with van der Waals surface area (Å²) in [7, 11) is 0. The molecule has 2 fully saturated rings. The summed E-state index contributed by atoms with van der Waals surface area (Å²) in [5.41, 5.74) is 1.20. The molecular formula is C22H29N7O. The number of fused-ring (bicyclic) bond motifs is 1. The molecule has 30 heavy (non-hydrogen) atoms. The van der Waals surface area contributed by atoms with Gasteiger partial charge in [0, 0.05) is 25.5 Å². The molecule has 3 aliphatic rings. The zero-order valence-corrected chi connectivity index (χ0v) is 17.5. The van der Waals surface area contributed by atoms with Gasteiger partial charge in [-0.15, -0.1) is 0 Å². The van der Waals surface area contributed by atoms with E-state index in [0.717, 1.165) is 49.6 Å². The van der Waals surface area contributed by atoms with Crippen molar-refractivity contribution in [3.8, 4) is 0 Å². The Hall–Kier alpha value is -2.90. The molecule has 1 saturated carbocycles. The first-order chi connectivity index (χ1) is 14.7. The number of pyridine rings is 1. The highest BCUT2D eigenvalue weighted by atomic mass is 16.2. The molecule has 2 aromatic rings. The van der Waals surface area contributed by atoms with Crippen molar-refractivity contribution in [2.75, 3.05) is 23.7 Å². The van der Waals surface area contributed by atoms with Gasteiger partial charge >= 0.3 is 0 Å². The summed E-state index contributed by atoms with van der Waals surface area (Å²) in [6.07, 6.45) is 10.1. The highest BCUT2D eigenvalue weighted by molar-refractivity contribution is 6.09. The summed E-state index contributed by atoms with van der Waals surface area (Å²) < 4.78 is 1.77.